The van der Waals surface area contributed by atoms with Gasteiger partial charge in [-0.3, -0.25) is 0 Å². The predicted octanol–water partition coefficient (Wildman–Crippen LogP) is 8.98. The minimum atomic E-state index is -0.262. The maximum atomic E-state index is 11.4. The van der Waals surface area contributed by atoms with Gasteiger partial charge in [-0.05, 0) is 65.8 Å². The maximum Gasteiger partial charge on any atom is 0.344 e. The number of carbonyl (C=O) groups excluding carboxylic acids is 3. The molecule has 0 bridgehead atoms. The van der Waals surface area contributed by atoms with Gasteiger partial charge in [0.15, 0.2) is 62.2 Å². The molecule has 4 aromatic rings. The summed E-state index contributed by atoms with van der Waals surface area (Å²) < 4.78 is 23.0. The monoisotopic (exact) mass is 807 g/mol. The molecule has 0 aliphatic carbocycles. The highest BCUT2D eigenvalue weighted by Gasteiger charge is 2.14. The van der Waals surface area contributed by atoms with Crippen LogP contribution in [0.2, 0.25) is 0 Å². The molecule has 0 amide bonds. The lowest BCUT2D eigenvalue weighted by Gasteiger charge is -2.02. The summed E-state index contributed by atoms with van der Waals surface area (Å²) >= 11 is 0. The lowest BCUT2D eigenvalue weighted by atomic mass is 10.2. The summed E-state index contributed by atoms with van der Waals surface area (Å²) in [6.07, 6.45) is 19.2. The molecule has 326 valence electrons. The minimum absolute atomic E-state index is 0. The molecule has 0 fully saturated rings. The van der Waals surface area contributed by atoms with Gasteiger partial charge in [0.1, 0.15) is 29.8 Å². The second-order valence-electron chi connectivity index (χ2n) is 13.3. The first kappa shape index (κ1) is 59.7. The van der Waals surface area contributed by atoms with Crippen LogP contribution in [-0.2, 0) is 33.8 Å². The van der Waals surface area contributed by atoms with E-state index < -0.39 is 0 Å². The van der Waals surface area contributed by atoms with E-state index in [1.165, 1.54) is 18.4 Å². The smallest absolute Gasteiger partial charge is 0.344 e. The SMILES string of the molecule is CCCC[n+]1cccc(C)c1.CCC[n+]1cccc(C(=O)OCC)c1.CCOC(=O)c1ccc[n+](C(C)C)c1.CCOC(=O)c1ccc[n+](CC(C)C)c1.[CH3-].[CH3-].[CH3-].[CH3-]. The molecular weight excluding hydrogens is 729 g/mol. The molecule has 4 aromatic heterocycles. The van der Waals surface area contributed by atoms with Crippen molar-refractivity contribution in [1.82, 2.24) is 0 Å². The summed E-state index contributed by atoms with van der Waals surface area (Å²) in [4.78, 5) is 34.2. The second kappa shape index (κ2) is 35.2. The number of aryl methyl sites for hydroxylation is 3. The molecule has 0 atom stereocenters. The van der Waals surface area contributed by atoms with Crippen LogP contribution in [0.3, 0.4) is 0 Å². The molecule has 58 heavy (non-hydrogen) atoms. The maximum absolute atomic E-state index is 11.4. The fourth-order valence-electron chi connectivity index (χ4n) is 4.93. The summed E-state index contributed by atoms with van der Waals surface area (Å²) in [5, 5.41) is 0. The van der Waals surface area contributed by atoms with Crippen molar-refractivity contribution in [2.24, 2.45) is 5.92 Å². The van der Waals surface area contributed by atoms with E-state index in [4.69, 9.17) is 14.2 Å². The van der Waals surface area contributed by atoms with Crippen LogP contribution in [0.5, 0.6) is 0 Å². The molecule has 0 N–H and O–H groups in total. The van der Waals surface area contributed by atoms with Gasteiger partial charge in [-0.2, -0.15) is 0 Å². The van der Waals surface area contributed by atoms with E-state index in [1.807, 2.05) is 76.0 Å². The van der Waals surface area contributed by atoms with Crippen LogP contribution in [0, 0.1) is 42.5 Å². The number of esters is 3. The number of ether oxygens (including phenoxy) is 3. The number of hydrogen-bond acceptors (Lipinski definition) is 6. The van der Waals surface area contributed by atoms with Gasteiger partial charge in [0.05, 0.1) is 19.8 Å². The van der Waals surface area contributed by atoms with Gasteiger partial charge < -0.3 is 43.9 Å². The van der Waals surface area contributed by atoms with E-state index in [0.717, 1.165) is 26.1 Å². The molecule has 10 nitrogen and oxygen atoms in total. The molecule has 0 unspecified atom stereocenters. The molecule has 4 rings (SSSR count). The number of aromatic nitrogens is 4. The fraction of sp³-hybridized carbons (Fsp3) is 0.438. The van der Waals surface area contributed by atoms with E-state index in [0.29, 0.717) is 48.5 Å². The Hall–Kier alpha value is -4.99. The molecule has 0 aliphatic rings. The Labute approximate surface area is 353 Å². The molecule has 0 aromatic carbocycles. The average molecular weight is 807 g/mol. The average Bonchev–Trinajstić information content (AvgIpc) is 3.15. The van der Waals surface area contributed by atoms with E-state index in [9.17, 15) is 14.4 Å². The van der Waals surface area contributed by atoms with Crippen LogP contribution in [-0.4, -0.2) is 37.7 Å². The van der Waals surface area contributed by atoms with E-state index in [2.05, 4.69) is 77.6 Å². The fourth-order valence-corrected chi connectivity index (χ4v) is 4.93. The van der Waals surface area contributed by atoms with Gasteiger partial charge in [-0.25, -0.2) is 32.7 Å². The Kier molecular flexibility index (Phi) is 36.2. The molecule has 4 heterocycles. The zero-order valence-electron chi connectivity index (χ0n) is 38.5. The van der Waals surface area contributed by atoms with Gasteiger partial charge in [-0.15, -0.1) is 0 Å². The van der Waals surface area contributed by atoms with Crippen molar-refractivity contribution in [2.75, 3.05) is 19.8 Å². The summed E-state index contributed by atoms with van der Waals surface area (Å²) in [5.74, 6) is -0.205. The van der Waals surface area contributed by atoms with Crippen LogP contribution in [0.15, 0.2) is 98.1 Å². The molecule has 10 heteroatoms. The van der Waals surface area contributed by atoms with E-state index >= 15 is 0 Å². The molecule has 0 saturated carbocycles. The number of hydrogen-bond donors (Lipinski definition) is 0. The van der Waals surface area contributed by atoms with Gasteiger partial charge in [0.2, 0.25) is 0 Å². The highest BCUT2D eigenvalue weighted by Crippen LogP contribution is 2.02. The first-order valence-electron chi connectivity index (χ1n) is 19.3. The largest absolute Gasteiger partial charge is 0.462 e. The lowest BCUT2D eigenvalue weighted by molar-refractivity contribution is -0.716. The highest BCUT2D eigenvalue weighted by atomic mass is 16.5. The Morgan fingerprint density at radius 3 is 1.36 bits per heavy atom. The Morgan fingerprint density at radius 2 is 0.948 bits per heavy atom. The van der Waals surface area contributed by atoms with Crippen molar-refractivity contribution >= 4 is 17.9 Å². The zero-order chi connectivity index (χ0) is 40.3. The minimum Gasteiger partial charge on any atom is -0.462 e. The van der Waals surface area contributed by atoms with Gasteiger partial charge in [0, 0.05) is 48.6 Å². The first-order valence-corrected chi connectivity index (χ1v) is 19.3. The van der Waals surface area contributed by atoms with Crippen LogP contribution in [0.1, 0.15) is 124 Å². The molecule has 0 saturated heterocycles. The van der Waals surface area contributed by atoms with Gasteiger partial charge in [0.25, 0.3) is 0 Å². The Bertz CT molecular complexity index is 1680. The van der Waals surface area contributed by atoms with Gasteiger partial charge in [-0.1, -0.05) is 34.1 Å². The summed E-state index contributed by atoms with van der Waals surface area (Å²) in [6, 6.07) is 15.5. The third-order valence-corrected chi connectivity index (χ3v) is 7.50. The summed E-state index contributed by atoms with van der Waals surface area (Å²) in [7, 11) is 0. The summed E-state index contributed by atoms with van der Waals surface area (Å²) in [6.45, 7) is 24.5. The topological polar surface area (TPSA) is 94.4 Å². The van der Waals surface area contributed by atoms with Crippen LogP contribution < -0.4 is 18.3 Å². The zero-order valence-corrected chi connectivity index (χ0v) is 38.5. The van der Waals surface area contributed by atoms with Crippen molar-refractivity contribution in [3.8, 4) is 0 Å². The third kappa shape index (κ3) is 25.3. The Morgan fingerprint density at radius 1 is 0.534 bits per heavy atom. The van der Waals surface area contributed by atoms with Crippen molar-refractivity contribution in [1.29, 1.82) is 0 Å². The highest BCUT2D eigenvalue weighted by molar-refractivity contribution is 5.89. The van der Waals surface area contributed by atoms with Crippen LogP contribution in [0.25, 0.3) is 0 Å². The number of nitrogens with zero attached hydrogens (tertiary/aromatic N) is 4. The molecule has 0 radical (unpaired) electrons. The normalized spacial score (nSPS) is 9.45. The number of carbonyl (C=O) groups is 3. The Balaban J connectivity index is -0.000000329. The summed E-state index contributed by atoms with van der Waals surface area (Å²) in [5.41, 5.74) is 3.16. The second-order valence-corrected chi connectivity index (χ2v) is 13.3. The number of pyridine rings is 4. The van der Waals surface area contributed by atoms with E-state index in [-0.39, 0.29) is 47.6 Å². The number of unbranched alkanes of at least 4 members (excludes halogenated alkanes) is 1. The standard InChI is InChI=1S/C12H18NO2.2C11H16NO2.C10H16N.4CH3/c1-4-15-12(14)11-6-5-7-13(9-11)8-10(2)3;1-4-14-11(13)10-6-5-7-12(8-10)9(2)3;1-3-7-12-8-5-6-10(9-12)11(13)14-4-2;1-3-4-7-11-8-5-6-10(2)9-11;;;;/h5-7,9-10H,4,8H2,1-3H3;5-9H,4H2,1-3H3;5-6,8-9H,3-4,7H2,1-2H3;5-6,8-9H,3-4,7H2,1-2H3;4*1H3/q4*+1;4*-1. The molecular formula is C48H78N4O6. The number of rotatable bonds is 14. The van der Waals surface area contributed by atoms with Crippen LogP contribution >= 0.6 is 0 Å². The van der Waals surface area contributed by atoms with Crippen molar-refractivity contribution in [3.05, 3.63) is 150 Å². The van der Waals surface area contributed by atoms with Crippen molar-refractivity contribution < 1.29 is 46.9 Å². The first-order chi connectivity index (χ1) is 25.9. The predicted molar refractivity (Wildman–Crippen MR) is 235 cm³/mol. The van der Waals surface area contributed by atoms with Gasteiger partial charge >= 0.3 is 17.9 Å². The molecule has 0 aliphatic heterocycles. The molecule has 0 spiro atoms. The lowest BCUT2D eigenvalue weighted by Crippen LogP contribution is -2.36. The quantitative estimate of drug-likeness (QED) is 0.0547. The van der Waals surface area contributed by atoms with Crippen molar-refractivity contribution in [2.45, 2.75) is 114 Å². The van der Waals surface area contributed by atoms with E-state index in [1.54, 1.807) is 32.0 Å². The van der Waals surface area contributed by atoms with Crippen LogP contribution in [0.4, 0.5) is 0 Å². The van der Waals surface area contributed by atoms with Crippen molar-refractivity contribution in [3.63, 3.8) is 0 Å². The third-order valence-electron chi connectivity index (χ3n) is 7.50.